The average molecular weight is 303 g/mol. The lowest BCUT2D eigenvalue weighted by molar-refractivity contribution is 0.537. The second kappa shape index (κ2) is 8.85. The summed E-state index contributed by atoms with van der Waals surface area (Å²) in [4.78, 5) is 0.998. The van der Waals surface area contributed by atoms with Crippen LogP contribution in [0.15, 0.2) is 59.5 Å². The van der Waals surface area contributed by atoms with E-state index in [9.17, 15) is 4.39 Å². The molecular formula is C18H22FNS. The number of hydrogen-bond acceptors (Lipinski definition) is 2. The fourth-order valence-corrected chi connectivity index (χ4v) is 3.32. The van der Waals surface area contributed by atoms with Crippen molar-refractivity contribution in [2.45, 2.75) is 30.7 Å². The lowest BCUT2D eigenvalue weighted by atomic mass is 10.1. The van der Waals surface area contributed by atoms with Crippen molar-refractivity contribution in [3.8, 4) is 0 Å². The molecule has 0 aliphatic rings. The maximum absolute atomic E-state index is 13.2. The molecule has 112 valence electrons. The van der Waals surface area contributed by atoms with E-state index in [1.54, 1.807) is 23.9 Å². The van der Waals surface area contributed by atoms with Crippen LogP contribution in [0, 0.1) is 5.82 Å². The maximum atomic E-state index is 13.2. The van der Waals surface area contributed by atoms with Gasteiger partial charge in [0.1, 0.15) is 5.82 Å². The van der Waals surface area contributed by atoms with Gasteiger partial charge in [-0.25, -0.2) is 4.39 Å². The minimum atomic E-state index is -0.163. The number of halogens is 1. The summed E-state index contributed by atoms with van der Waals surface area (Å²) in [5, 5.41) is 3.52. The highest BCUT2D eigenvalue weighted by molar-refractivity contribution is 7.99. The number of nitrogens with one attached hydrogen (secondary N) is 1. The van der Waals surface area contributed by atoms with Crippen LogP contribution in [0.2, 0.25) is 0 Å². The van der Waals surface area contributed by atoms with Crippen molar-refractivity contribution in [2.24, 2.45) is 0 Å². The average Bonchev–Trinajstić information content (AvgIpc) is 2.51. The maximum Gasteiger partial charge on any atom is 0.124 e. The van der Waals surface area contributed by atoms with E-state index < -0.39 is 0 Å². The largest absolute Gasteiger partial charge is 0.313 e. The number of rotatable bonds is 8. The topological polar surface area (TPSA) is 12.0 Å². The van der Waals surface area contributed by atoms with Crippen molar-refractivity contribution >= 4 is 11.8 Å². The lowest BCUT2D eigenvalue weighted by Gasteiger charge is -2.17. The fourth-order valence-electron chi connectivity index (χ4n) is 2.27. The predicted octanol–water partition coefficient (Wildman–Crippen LogP) is 4.53. The molecule has 0 amide bonds. The van der Waals surface area contributed by atoms with Crippen molar-refractivity contribution < 1.29 is 4.39 Å². The molecule has 1 atom stereocenters. The van der Waals surface area contributed by atoms with Gasteiger partial charge in [0, 0.05) is 16.7 Å². The Morgan fingerprint density at radius 2 is 1.90 bits per heavy atom. The van der Waals surface area contributed by atoms with Crippen LogP contribution in [0.4, 0.5) is 4.39 Å². The Balaban J connectivity index is 1.84. The van der Waals surface area contributed by atoms with Crippen LogP contribution in [0.5, 0.6) is 0 Å². The first-order valence-electron chi connectivity index (χ1n) is 7.43. The van der Waals surface area contributed by atoms with E-state index in [2.05, 4.69) is 36.5 Å². The molecule has 1 N–H and O–H groups in total. The van der Waals surface area contributed by atoms with Crippen LogP contribution in [0.1, 0.15) is 18.9 Å². The molecule has 21 heavy (non-hydrogen) atoms. The van der Waals surface area contributed by atoms with Gasteiger partial charge in [-0.05, 0) is 43.1 Å². The van der Waals surface area contributed by atoms with Gasteiger partial charge in [-0.2, -0.15) is 0 Å². The van der Waals surface area contributed by atoms with E-state index in [4.69, 9.17) is 0 Å². The second-order valence-corrected chi connectivity index (χ2v) is 6.14. The van der Waals surface area contributed by atoms with Crippen LogP contribution >= 0.6 is 11.8 Å². The summed E-state index contributed by atoms with van der Waals surface area (Å²) < 4.78 is 13.2. The third-order valence-electron chi connectivity index (χ3n) is 3.36. The highest BCUT2D eigenvalue weighted by Crippen LogP contribution is 2.20. The van der Waals surface area contributed by atoms with Gasteiger partial charge in [-0.15, -0.1) is 11.8 Å². The van der Waals surface area contributed by atoms with Gasteiger partial charge in [0.25, 0.3) is 0 Å². The summed E-state index contributed by atoms with van der Waals surface area (Å²) in [5.41, 5.74) is 1.37. The van der Waals surface area contributed by atoms with E-state index in [-0.39, 0.29) is 5.82 Å². The first-order valence-corrected chi connectivity index (χ1v) is 8.42. The molecule has 0 aliphatic heterocycles. The number of aryl methyl sites for hydroxylation is 1. The van der Waals surface area contributed by atoms with E-state index in [1.807, 2.05) is 12.1 Å². The summed E-state index contributed by atoms with van der Waals surface area (Å²) in [6.45, 7) is 3.09. The Labute approximate surface area is 131 Å². The van der Waals surface area contributed by atoms with Gasteiger partial charge in [0.05, 0.1) is 0 Å². The van der Waals surface area contributed by atoms with E-state index in [0.29, 0.717) is 6.04 Å². The number of benzene rings is 2. The van der Waals surface area contributed by atoms with Crippen molar-refractivity contribution in [3.05, 3.63) is 66.0 Å². The molecule has 0 spiro atoms. The van der Waals surface area contributed by atoms with E-state index in [1.165, 1.54) is 11.6 Å². The van der Waals surface area contributed by atoms with Crippen molar-refractivity contribution in [1.82, 2.24) is 5.32 Å². The van der Waals surface area contributed by atoms with Gasteiger partial charge in [0.2, 0.25) is 0 Å². The molecule has 0 saturated heterocycles. The van der Waals surface area contributed by atoms with E-state index >= 15 is 0 Å². The first-order chi connectivity index (χ1) is 10.3. The van der Waals surface area contributed by atoms with Gasteiger partial charge in [-0.1, -0.05) is 43.3 Å². The number of thioether (sulfide) groups is 1. The molecule has 2 aromatic carbocycles. The van der Waals surface area contributed by atoms with Gasteiger partial charge in [-0.3, -0.25) is 0 Å². The molecular weight excluding hydrogens is 281 g/mol. The van der Waals surface area contributed by atoms with Crippen LogP contribution in [-0.2, 0) is 6.42 Å². The quantitative estimate of drug-likeness (QED) is 0.719. The first kappa shape index (κ1) is 16.1. The molecule has 0 heterocycles. The zero-order valence-electron chi connectivity index (χ0n) is 12.4. The van der Waals surface area contributed by atoms with Crippen LogP contribution in [0.25, 0.3) is 0 Å². The summed E-state index contributed by atoms with van der Waals surface area (Å²) in [5.74, 6) is 0.800. The molecule has 0 aromatic heterocycles. The zero-order valence-corrected chi connectivity index (χ0v) is 13.2. The monoisotopic (exact) mass is 303 g/mol. The van der Waals surface area contributed by atoms with Gasteiger partial charge >= 0.3 is 0 Å². The normalized spacial score (nSPS) is 12.3. The van der Waals surface area contributed by atoms with Crippen molar-refractivity contribution in [1.29, 1.82) is 0 Å². The van der Waals surface area contributed by atoms with Gasteiger partial charge in [0.15, 0.2) is 0 Å². The van der Waals surface area contributed by atoms with Crippen molar-refractivity contribution in [2.75, 3.05) is 12.3 Å². The molecule has 1 nitrogen and oxygen atoms in total. The smallest absolute Gasteiger partial charge is 0.124 e. The highest BCUT2D eigenvalue weighted by atomic mass is 32.2. The molecule has 3 heteroatoms. The SMILES string of the molecule is CCNC(CCc1ccccc1)CSc1cccc(F)c1. The van der Waals surface area contributed by atoms with Gasteiger partial charge < -0.3 is 5.32 Å². The molecule has 2 rings (SSSR count). The summed E-state index contributed by atoms with van der Waals surface area (Å²) in [6.07, 6.45) is 2.17. The molecule has 2 aromatic rings. The Hall–Kier alpha value is -1.32. The lowest BCUT2D eigenvalue weighted by Crippen LogP contribution is -2.31. The Kier molecular flexibility index (Phi) is 6.77. The van der Waals surface area contributed by atoms with Crippen LogP contribution in [0.3, 0.4) is 0 Å². The summed E-state index contributed by atoms with van der Waals surface area (Å²) in [7, 11) is 0. The number of hydrogen-bond donors (Lipinski definition) is 1. The Morgan fingerprint density at radius 3 is 2.62 bits per heavy atom. The van der Waals surface area contributed by atoms with E-state index in [0.717, 1.165) is 30.0 Å². The molecule has 0 radical (unpaired) electrons. The zero-order chi connectivity index (χ0) is 14.9. The van der Waals surface area contributed by atoms with Crippen molar-refractivity contribution in [3.63, 3.8) is 0 Å². The standard InChI is InChI=1S/C18H22FNS/c1-2-20-17(12-11-15-7-4-3-5-8-15)14-21-18-10-6-9-16(19)13-18/h3-10,13,17,20H,2,11-12,14H2,1H3. The highest BCUT2D eigenvalue weighted by Gasteiger charge is 2.08. The predicted molar refractivity (Wildman–Crippen MR) is 89.4 cm³/mol. The molecule has 0 bridgehead atoms. The summed E-state index contributed by atoms with van der Waals surface area (Å²) >= 11 is 1.72. The Morgan fingerprint density at radius 1 is 1.10 bits per heavy atom. The summed E-state index contributed by atoms with van der Waals surface area (Å²) in [6, 6.07) is 17.8. The van der Waals surface area contributed by atoms with Crippen LogP contribution < -0.4 is 5.32 Å². The minimum absolute atomic E-state index is 0.163. The molecule has 1 unspecified atom stereocenters. The molecule has 0 aliphatic carbocycles. The second-order valence-electron chi connectivity index (χ2n) is 5.05. The Bertz CT molecular complexity index is 530. The third-order valence-corrected chi connectivity index (χ3v) is 4.52. The third kappa shape index (κ3) is 5.90. The molecule has 0 saturated carbocycles. The fraction of sp³-hybridized carbons (Fsp3) is 0.333. The minimum Gasteiger partial charge on any atom is -0.313 e. The van der Waals surface area contributed by atoms with Crippen LogP contribution in [-0.4, -0.2) is 18.3 Å². The molecule has 0 fully saturated rings.